The number of carbonyl (C=O) groups is 3. The van der Waals surface area contributed by atoms with Gasteiger partial charge in [0.2, 0.25) is 17.7 Å². The summed E-state index contributed by atoms with van der Waals surface area (Å²) in [5.41, 5.74) is 0.155. The highest BCUT2D eigenvalue weighted by Crippen LogP contribution is 2.21. The van der Waals surface area contributed by atoms with Crippen molar-refractivity contribution in [2.75, 3.05) is 19.6 Å². The van der Waals surface area contributed by atoms with Gasteiger partial charge < -0.3 is 4.90 Å². The van der Waals surface area contributed by atoms with Crippen molar-refractivity contribution in [2.24, 2.45) is 5.92 Å². The molecule has 0 N–H and O–H groups in total. The van der Waals surface area contributed by atoms with Gasteiger partial charge in [-0.15, -0.1) is 0 Å². The molecule has 3 heterocycles. The van der Waals surface area contributed by atoms with Crippen molar-refractivity contribution in [1.29, 1.82) is 0 Å². The Bertz CT molecular complexity index is 1070. The first-order valence-corrected chi connectivity index (χ1v) is 10.1. The van der Waals surface area contributed by atoms with Gasteiger partial charge in [0, 0.05) is 38.5 Å². The molecule has 2 aliphatic heterocycles. The molecule has 0 atom stereocenters. The minimum atomic E-state index is -0.430. The fraction of sp³-hybridized carbons (Fsp3) is 0.476. The highest BCUT2D eigenvalue weighted by Gasteiger charge is 2.33. The van der Waals surface area contributed by atoms with E-state index in [0.29, 0.717) is 49.2 Å². The Morgan fingerprint density at radius 3 is 2.47 bits per heavy atom. The van der Waals surface area contributed by atoms with Crippen LogP contribution in [0.2, 0.25) is 0 Å². The van der Waals surface area contributed by atoms with Crippen LogP contribution in [0.15, 0.2) is 23.0 Å². The first-order valence-electron chi connectivity index (χ1n) is 10.1. The lowest BCUT2D eigenvalue weighted by Crippen LogP contribution is -2.46. The minimum absolute atomic E-state index is 0.175. The van der Waals surface area contributed by atoms with Crippen LogP contribution in [0.1, 0.15) is 31.5 Å². The second-order valence-electron chi connectivity index (χ2n) is 7.93. The van der Waals surface area contributed by atoms with E-state index in [1.807, 2.05) is 0 Å². The predicted molar refractivity (Wildman–Crippen MR) is 106 cm³/mol. The van der Waals surface area contributed by atoms with Crippen LogP contribution < -0.4 is 5.56 Å². The molecule has 8 nitrogen and oxygen atoms in total. The summed E-state index contributed by atoms with van der Waals surface area (Å²) in [6.45, 7) is 3.05. The number of carbonyl (C=O) groups excluding carboxylic acids is 3. The summed E-state index contributed by atoms with van der Waals surface area (Å²) in [6.07, 6.45) is 1.77. The third-order valence-electron chi connectivity index (χ3n) is 5.96. The van der Waals surface area contributed by atoms with E-state index >= 15 is 0 Å². The number of imide groups is 1. The van der Waals surface area contributed by atoms with Crippen LogP contribution in [0.4, 0.5) is 4.39 Å². The molecule has 4 rings (SSSR count). The molecule has 0 aliphatic carbocycles. The first-order chi connectivity index (χ1) is 14.3. The van der Waals surface area contributed by atoms with Gasteiger partial charge in [0.25, 0.3) is 5.56 Å². The lowest BCUT2D eigenvalue weighted by atomic mass is 9.96. The number of piperidine rings is 1. The van der Waals surface area contributed by atoms with Crippen LogP contribution in [0.25, 0.3) is 10.9 Å². The molecule has 30 heavy (non-hydrogen) atoms. The zero-order chi connectivity index (χ0) is 21.4. The Morgan fingerprint density at radius 2 is 1.80 bits per heavy atom. The van der Waals surface area contributed by atoms with Crippen molar-refractivity contribution in [3.8, 4) is 0 Å². The highest BCUT2D eigenvalue weighted by molar-refractivity contribution is 6.04. The molecular formula is C21H23FN4O4. The molecule has 2 fully saturated rings. The van der Waals surface area contributed by atoms with E-state index in [2.05, 4.69) is 4.98 Å². The number of aromatic nitrogens is 2. The molecule has 0 bridgehead atoms. The normalized spacial score (nSPS) is 17.9. The van der Waals surface area contributed by atoms with Crippen LogP contribution in [0, 0.1) is 18.7 Å². The van der Waals surface area contributed by atoms with Crippen molar-refractivity contribution >= 4 is 28.6 Å². The number of nitrogens with zero attached hydrogens (tertiary/aromatic N) is 4. The van der Waals surface area contributed by atoms with Gasteiger partial charge >= 0.3 is 0 Å². The number of aryl methyl sites for hydroxylation is 1. The van der Waals surface area contributed by atoms with E-state index in [1.54, 1.807) is 16.4 Å². The molecule has 0 unspecified atom stereocenters. The zero-order valence-electron chi connectivity index (χ0n) is 16.8. The lowest BCUT2D eigenvalue weighted by molar-refractivity contribution is -0.146. The number of likely N-dealkylation sites (tertiary alicyclic amines) is 2. The Morgan fingerprint density at radius 1 is 1.13 bits per heavy atom. The number of fused-ring (bicyclic) bond motifs is 1. The van der Waals surface area contributed by atoms with Gasteiger partial charge in [-0.05, 0) is 37.8 Å². The summed E-state index contributed by atoms with van der Waals surface area (Å²) in [6, 6.07) is 3.97. The molecule has 0 spiro atoms. The van der Waals surface area contributed by atoms with Crippen molar-refractivity contribution in [3.63, 3.8) is 0 Å². The van der Waals surface area contributed by atoms with Crippen LogP contribution >= 0.6 is 0 Å². The standard InChI is InChI=1S/C21H23FN4O4/c1-13-23-17-10-15(22)2-3-16(17)21(30)25(13)11-14-6-8-24(9-7-14)20(29)12-26-18(27)4-5-19(26)28/h2-3,10,14H,4-9,11-12H2,1H3. The number of hydrogen-bond donors (Lipinski definition) is 0. The van der Waals surface area contributed by atoms with Gasteiger partial charge in [-0.1, -0.05) is 0 Å². The SMILES string of the molecule is Cc1nc2cc(F)ccc2c(=O)n1CC1CCN(C(=O)CN2C(=O)CCC2=O)CC1. The third-order valence-corrected chi connectivity index (χ3v) is 5.96. The zero-order valence-corrected chi connectivity index (χ0v) is 16.8. The molecule has 2 aliphatic rings. The molecule has 2 aromatic rings. The Balaban J connectivity index is 1.40. The number of halogens is 1. The summed E-state index contributed by atoms with van der Waals surface area (Å²) in [7, 11) is 0. The van der Waals surface area contributed by atoms with Gasteiger partial charge in [-0.2, -0.15) is 0 Å². The average molecular weight is 414 g/mol. The molecule has 0 radical (unpaired) electrons. The van der Waals surface area contributed by atoms with Crippen molar-refractivity contribution in [3.05, 3.63) is 40.2 Å². The fourth-order valence-corrected chi connectivity index (χ4v) is 4.18. The fourth-order valence-electron chi connectivity index (χ4n) is 4.18. The summed E-state index contributed by atoms with van der Waals surface area (Å²) in [5.74, 6) is -0.507. The number of amides is 3. The highest BCUT2D eigenvalue weighted by atomic mass is 19.1. The minimum Gasteiger partial charge on any atom is -0.341 e. The molecule has 0 saturated carbocycles. The predicted octanol–water partition coefficient (Wildman–Crippen LogP) is 1.23. The second-order valence-corrected chi connectivity index (χ2v) is 7.93. The van der Waals surface area contributed by atoms with E-state index in [9.17, 15) is 23.6 Å². The van der Waals surface area contributed by atoms with E-state index in [-0.39, 0.29) is 48.6 Å². The Kier molecular flexibility index (Phi) is 5.36. The average Bonchev–Trinajstić information content (AvgIpc) is 3.03. The van der Waals surface area contributed by atoms with Crippen LogP contribution in [-0.2, 0) is 20.9 Å². The van der Waals surface area contributed by atoms with Crippen molar-refractivity contribution in [2.45, 2.75) is 39.2 Å². The summed E-state index contributed by atoms with van der Waals surface area (Å²) in [5, 5.41) is 0.384. The molecule has 2 saturated heterocycles. The van der Waals surface area contributed by atoms with Crippen LogP contribution in [0.3, 0.4) is 0 Å². The van der Waals surface area contributed by atoms with Gasteiger partial charge in [0.15, 0.2) is 0 Å². The van der Waals surface area contributed by atoms with E-state index in [0.717, 1.165) is 4.90 Å². The van der Waals surface area contributed by atoms with Gasteiger partial charge in [-0.3, -0.25) is 28.6 Å². The molecular weight excluding hydrogens is 391 g/mol. The molecule has 1 aromatic heterocycles. The van der Waals surface area contributed by atoms with E-state index < -0.39 is 5.82 Å². The Hall–Kier alpha value is -3.10. The maximum absolute atomic E-state index is 13.4. The maximum atomic E-state index is 13.4. The van der Waals surface area contributed by atoms with E-state index in [1.165, 1.54) is 18.2 Å². The summed E-state index contributed by atoms with van der Waals surface area (Å²) in [4.78, 5) is 55.8. The first kappa shape index (κ1) is 20.2. The van der Waals surface area contributed by atoms with Crippen LogP contribution in [-0.4, -0.2) is 56.7 Å². The second kappa shape index (κ2) is 7.97. The number of benzene rings is 1. The third kappa shape index (κ3) is 3.83. The summed E-state index contributed by atoms with van der Waals surface area (Å²) >= 11 is 0. The molecule has 158 valence electrons. The topological polar surface area (TPSA) is 92.6 Å². The quantitative estimate of drug-likeness (QED) is 0.702. The number of hydrogen-bond acceptors (Lipinski definition) is 5. The van der Waals surface area contributed by atoms with Crippen molar-refractivity contribution in [1.82, 2.24) is 19.4 Å². The Labute approximate surface area is 172 Å². The smallest absolute Gasteiger partial charge is 0.261 e. The van der Waals surface area contributed by atoms with Crippen LogP contribution in [0.5, 0.6) is 0 Å². The lowest BCUT2D eigenvalue weighted by Gasteiger charge is -2.33. The number of rotatable bonds is 4. The van der Waals surface area contributed by atoms with Gasteiger partial charge in [0.05, 0.1) is 10.9 Å². The molecule has 1 aromatic carbocycles. The monoisotopic (exact) mass is 414 g/mol. The van der Waals surface area contributed by atoms with Crippen molar-refractivity contribution < 1.29 is 18.8 Å². The van der Waals surface area contributed by atoms with Gasteiger partial charge in [0.1, 0.15) is 18.2 Å². The largest absolute Gasteiger partial charge is 0.341 e. The van der Waals surface area contributed by atoms with Gasteiger partial charge in [-0.25, -0.2) is 9.37 Å². The van der Waals surface area contributed by atoms with E-state index in [4.69, 9.17) is 0 Å². The summed E-state index contributed by atoms with van der Waals surface area (Å²) < 4.78 is 15.0. The maximum Gasteiger partial charge on any atom is 0.261 e. The molecule has 9 heteroatoms. The molecule has 3 amide bonds.